The Labute approximate surface area is 233 Å². The van der Waals surface area contributed by atoms with Crippen LogP contribution in [0.4, 0.5) is 5.69 Å². The van der Waals surface area contributed by atoms with Gasteiger partial charge in [0.25, 0.3) is 0 Å². The first kappa shape index (κ1) is 39.2. The number of carbonyl (C=O) groups is 1. The zero-order valence-corrected chi connectivity index (χ0v) is 25.4. The largest absolute Gasteiger partial charge is 0.400 e. The van der Waals surface area contributed by atoms with Gasteiger partial charge in [-0.25, -0.2) is 5.01 Å². The number of aryl methyl sites for hydroxylation is 2. The van der Waals surface area contributed by atoms with Gasteiger partial charge in [-0.2, -0.15) is 5.10 Å². The van der Waals surface area contributed by atoms with Crippen LogP contribution in [0.25, 0.3) is 0 Å². The number of nitrogens with zero attached hydrogens (tertiary/aromatic N) is 2. The van der Waals surface area contributed by atoms with E-state index in [4.69, 9.17) is 10.2 Å². The lowest BCUT2D eigenvalue weighted by molar-refractivity contribution is -0.108. The third-order valence-corrected chi connectivity index (χ3v) is 4.59. The van der Waals surface area contributed by atoms with E-state index >= 15 is 0 Å². The van der Waals surface area contributed by atoms with E-state index in [1.165, 1.54) is 11.1 Å². The van der Waals surface area contributed by atoms with Crippen molar-refractivity contribution < 1.29 is 9.90 Å². The van der Waals surface area contributed by atoms with Gasteiger partial charge in [-0.15, -0.1) is 13.2 Å². The molecule has 1 atom stereocenters. The smallest absolute Gasteiger partial charge is 0.127 e. The van der Waals surface area contributed by atoms with Crippen LogP contribution in [0, 0.1) is 13.8 Å². The minimum atomic E-state index is -0.144. The van der Waals surface area contributed by atoms with Crippen molar-refractivity contribution in [3.8, 4) is 0 Å². The molecule has 1 unspecified atom stereocenters. The van der Waals surface area contributed by atoms with E-state index < -0.39 is 0 Å². The lowest BCUT2D eigenvalue weighted by atomic mass is 9.92. The Morgan fingerprint density at radius 3 is 2.00 bits per heavy atom. The number of hydrogen-bond acceptors (Lipinski definition) is 5. The quantitative estimate of drug-likeness (QED) is 0.297. The van der Waals surface area contributed by atoms with Crippen molar-refractivity contribution in [1.82, 2.24) is 5.32 Å². The van der Waals surface area contributed by atoms with Crippen LogP contribution >= 0.6 is 0 Å². The van der Waals surface area contributed by atoms with Crippen LogP contribution in [-0.4, -0.2) is 37.8 Å². The number of aliphatic hydroxyl groups excluding tert-OH is 1. The van der Waals surface area contributed by atoms with Gasteiger partial charge in [-0.3, -0.25) is 0 Å². The number of nitrogens with one attached hydrogen (secondary N) is 1. The van der Waals surface area contributed by atoms with E-state index in [9.17, 15) is 4.79 Å². The average molecular weight is 524 g/mol. The van der Waals surface area contributed by atoms with E-state index in [0.717, 1.165) is 43.3 Å². The Morgan fingerprint density at radius 2 is 1.55 bits per heavy atom. The lowest BCUT2D eigenvalue weighted by Gasteiger charge is -2.22. The van der Waals surface area contributed by atoms with Crippen LogP contribution in [0.3, 0.4) is 0 Å². The third-order valence-electron chi connectivity index (χ3n) is 4.59. The minimum Gasteiger partial charge on any atom is -0.400 e. The minimum absolute atomic E-state index is 0.144. The fraction of sp³-hybridized carbons (Fsp3) is 0.394. The molecule has 2 aromatic carbocycles. The molecule has 1 aliphatic rings. The van der Waals surface area contributed by atoms with Crippen molar-refractivity contribution in [2.45, 2.75) is 67.2 Å². The van der Waals surface area contributed by atoms with Crippen LogP contribution in [0.1, 0.15) is 70.1 Å². The molecule has 212 valence electrons. The van der Waals surface area contributed by atoms with Gasteiger partial charge in [0.15, 0.2) is 0 Å². The zero-order valence-electron chi connectivity index (χ0n) is 25.4. The van der Waals surface area contributed by atoms with Gasteiger partial charge in [0.2, 0.25) is 0 Å². The average Bonchev–Trinajstić information content (AvgIpc) is 2.95. The summed E-state index contributed by atoms with van der Waals surface area (Å²) in [6.45, 7) is 21.8. The molecule has 0 amide bonds. The zero-order chi connectivity index (χ0) is 29.8. The number of aliphatic hydroxyl groups is 1. The maximum absolute atomic E-state index is 11.6. The Balaban J connectivity index is -0.000000740. The summed E-state index contributed by atoms with van der Waals surface area (Å²) < 4.78 is 0. The lowest BCUT2D eigenvalue weighted by Crippen LogP contribution is -2.18. The Hall–Kier alpha value is -3.28. The van der Waals surface area contributed by atoms with E-state index in [0.29, 0.717) is 6.42 Å². The van der Waals surface area contributed by atoms with Gasteiger partial charge >= 0.3 is 0 Å². The second kappa shape index (κ2) is 28.3. The van der Waals surface area contributed by atoms with Crippen LogP contribution in [0.5, 0.6) is 0 Å². The van der Waals surface area contributed by atoms with Gasteiger partial charge in [0.05, 0.1) is 5.69 Å². The molecule has 0 bridgehead atoms. The van der Waals surface area contributed by atoms with Crippen LogP contribution < -0.4 is 10.3 Å². The number of rotatable bonds is 6. The summed E-state index contributed by atoms with van der Waals surface area (Å²) in [4.78, 5) is 11.6. The van der Waals surface area contributed by atoms with Crippen LogP contribution in [0.15, 0.2) is 91.2 Å². The van der Waals surface area contributed by atoms with E-state index in [1.54, 1.807) is 12.2 Å². The molecule has 2 N–H and O–H groups in total. The summed E-state index contributed by atoms with van der Waals surface area (Å²) >= 11 is 0. The number of hydrazone groups is 1. The molecule has 38 heavy (non-hydrogen) atoms. The van der Waals surface area contributed by atoms with Crippen LogP contribution in [0.2, 0.25) is 0 Å². The molecular weight excluding hydrogens is 470 g/mol. The summed E-state index contributed by atoms with van der Waals surface area (Å²) in [5.41, 5.74) is 5.52. The summed E-state index contributed by atoms with van der Waals surface area (Å²) in [7, 11) is 2.93. The highest BCUT2D eigenvalue weighted by Gasteiger charge is 2.16. The highest BCUT2D eigenvalue weighted by molar-refractivity contribution is 5.90. The van der Waals surface area contributed by atoms with Gasteiger partial charge < -0.3 is 15.2 Å². The summed E-state index contributed by atoms with van der Waals surface area (Å²) in [5.74, 6) is -0.144. The first-order valence-electron chi connectivity index (χ1n) is 13.2. The van der Waals surface area contributed by atoms with Gasteiger partial charge in [-0.1, -0.05) is 86.5 Å². The molecule has 1 aliphatic heterocycles. The second-order valence-electron chi connectivity index (χ2n) is 7.82. The molecule has 0 spiro atoms. The monoisotopic (exact) mass is 523 g/mol. The van der Waals surface area contributed by atoms with E-state index in [-0.39, 0.29) is 5.92 Å². The van der Waals surface area contributed by atoms with Gasteiger partial charge in [-0.05, 0) is 59.0 Å². The Kier molecular flexibility index (Phi) is 29.2. The molecular formula is C33H53N3O2. The molecule has 5 nitrogen and oxygen atoms in total. The SMILES string of the molecule is C=CC.C=CC.CC.CCNC.CO.Cc1ccc(N2C=CCC(CC(C=O)c3cccc(C)c3)=N2)cc1. The Bertz CT molecular complexity index is 895. The maximum Gasteiger partial charge on any atom is 0.127 e. The third kappa shape index (κ3) is 18.9. The molecule has 0 radical (unpaired) electrons. The van der Waals surface area contributed by atoms with Crippen LogP contribution in [-0.2, 0) is 4.79 Å². The molecule has 0 saturated carbocycles. The number of aldehydes is 1. The molecule has 3 rings (SSSR count). The fourth-order valence-electron chi connectivity index (χ4n) is 2.88. The predicted octanol–water partition coefficient (Wildman–Crippen LogP) is 8.00. The molecule has 0 aliphatic carbocycles. The van der Waals surface area contributed by atoms with E-state index in [1.807, 2.05) is 71.1 Å². The first-order valence-corrected chi connectivity index (χ1v) is 13.2. The van der Waals surface area contributed by atoms with E-state index in [2.05, 4.69) is 68.7 Å². The highest BCUT2D eigenvalue weighted by Crippen LogP contribution is 2.24. The standard InChI is InChI=1S/C21H22N2O.C3H9N.2C3H6.C2H6.CH4O/c1-16-8-10-21(11-9-16)23-12-4-7-20(22-23)14-19(15-24)18-6-3-5-17(2)13-18;1-3-4-2;2*1-3-2;2*1-2/h3-6,8-13,15,19H,7,14H2,1-2H3;4H,3H2,1-2H3;2*3H,1H2,2H3;1-2H3;2H,1H3. The molecule has 5 heteroatoms. The number of benzene rings is 2. The van der Waals surface area contributed by atoms with Gasteiger partial charge in [0.1, 0.15) is 6.29 Å². The number of allylic oxidation sites excluding steroid dienone is 3. The normalized spacial score (nSPS) is 11.3. The number of anilines is 1. The van der Waals surface area contributed by atoms with Crippen molar-refractivity contribution in [1.29, 1.82) is 0 Å². The van der Waals surface area contributed by atoms with Crippen molar-refractivity contribution in [3.05, 3.63) is 103 Å². The van der Waals surface area contributed by atoms with Crippen molar-refractivity contribution >= 4 is 17.7 Å². The Morgan fingerprint density at radius 1 is 1.03 bits per heavy atom. The number of hydrogen-bond donors (Lipinski definition) is 2. The maximum atomic E-state index is 11.6. The molecule has 0 fully saturated rings. The van der Waals surface area contributed by atoms with Crippen molar-refractivity contribution in [2.24, 2.45) is 5.10 Å². The van der Waals surface area contributed by atoms with Crippen molar-refractivity contribution in [2.75, 3.05) is 25.7 Å². The second-order valence-corrected chi connectivity index (χ2v) is 7.82. The predicted molar refractivity (Wildman–Crippen MR) is 170 cm³/mol. The molecule has 1 heterocycles. The number of carbonyl (C=O) groups excluding carboxylic acids is 1. The molecule has 0 saturated heterocycles. The first-order chi connectivity index (χ1) is 18.4. The molecule has 2 aromatic rings. The molecule has 0 aromatic heterocycles. The topological polar surface area (TPSA) is 64.9 Å². The van der Waals surface area contributed by atoms with Crippen molar-refractivity contribution in [3.63, 3.8) is 0 Å². The van der Waals surface area contributed by atoms with Gasteiger partial charge in [0, 0.05) is 37.8 Å². The fourth-order valence-corrected chi connectivity index (χ4v) is 2.88. The summed E-state index contributed by atoms with van der Waals surface area (Å²) in [6.07, 6.45) is 10.1. The summed E-state index contributed by atoms with van der Waals surface area (Å²) in [5, 5.41) is 16.5. The highest BCUT2D eigenvalue weighted by atomic mass is 16.2. The summed E-state index contributed by atoms with van der Waals surface area (Å²) in [6, 6.07) is 16.4.